The lowest BCUT2D eigenvalue weighted by atomic mass is 10.2. The molecular weight excluding hydrogens is 322 g/mol. The van der Waals surface area contributed by atoms with E-state index in [9.17, 15) is 0 Å². The van der Waals surface area contributed by atoms with Gasteiger partial charge >= 0.3 is 0 Å². The molecule has 7 heteroatoms. The molecule has 22 heavy (non-hydrogen) atoms. The lowest BCUT2D eigenvalue weighted by Gasteiger charge is -2.11. The van der Waals surface area contributed by atoms with Gasteiger partial charge in [0.25, 0.3) is 0 Å². The molecule has 0 saturated heterocycles. The summed E-state index contributed by atoms with van der Waals surface area (Å²) < 4.78 is 10.7. The van der Waals surface area contributed by atoms with E-state index in [1.807, 2.05) is 6.92 Å². The second kappa shape index (κ2) is 10.2. The summed E-state index contributed by atoms with van der Waals surface area (Å²) in [5.41, 5.74) is 3.55. The van der Waals surface area contributed by atoms with Crippen molar-refractivity contribution < 1.29 is 9.47 Å². The van der Waals surface area contributed by atoms with Crippen LogP contribution in [0.2, 0.25) is 5.02 Å². The minimum absolute atomic E-state index is 0.478. The molecule has 2 N–H and O–H groups in total. The van der Waals surface area contributed by atoms with Crippen molar-refractivity contribution in [1.82, 2.24) is 10.7 Å². The number of thiocarbonyl (C=S) groups is 1. The van der Waals surface area contributed by atoms with Crippen LogP contribution in [0, 0.1) is 0 Å². The Morgan fingerprint density at radius 1 is 1.41 bits per heavy atom. The smallest absolute Gasteiger partial charge is 0.186 e. The maximum absolute atomic E-state index is 6.19. The quantitative estimate of drug-likeness (QED) is 0.328. The van der Waals surface area contributed by atoms with Crippen molar-refractivity contribution in [3.63, 3.8) is 0 Å². The predicted octanol–water partition coefficient (Wildman–Crippen LogP) is 3.35. The average molecular weight is 344 g/mol. The van der Waals surface area contributed by atoms with Gasteiger partial charge in [-0.3, -0.25) is 5.43 Å². The molecule has 0 spiro atoms. The molecule has 122 valence electrons. The number of halogens is 1. The number of hydrogen-bond acceptors (Lipinski definition) is 4. The van der Waals surface area contributed by atoms with Gasteiger partial charge in [-0.2, -0.15) is 5.10 Å². The minimum atomic E-state index is 0.478. The number of hydrazone groups is 1. The second-order valence-corrected chi connectivity index (χ2v) is 5.26. The van der Waals surface area contributed by atoms with Gasteiger partial charge in [0.1, 0.15) is 0 Å². The molecule has 0 fully saturated rings. The molecule has 0 amide bonds. The summed E-state index contributed by atoms with van der Waals surface area (Å²) in [6.07, 6.45) is 3.80. The highest BCUT2D eigenvalue weighted by Crippen LogP contribution is 2.35. The highest BCUT2D eigenvalue weighted by molar-refractivity contribution is 7.80. The molecule has 0 heterocycles. The third kappa shape index (κ3) is 6.07. The van der Waals surface area contributed by atoms with Crippen molar-refractivity contribution in [2.75, 3.05) is 20.3 Å². The molecule has 1 aromatic carbocycles. The van der Waals surface area contributed by atoms with Gasteiger partial charge in [-0.15, -0.1) is 0 Å². The Kier molecular flexibility index (Phi) is 8.62. The molecule has 0 aliphatic rings. The first-order valence-corrected chi connectivity index (χ1v) is 7.98. The maximum atomic E-state index is 6.19. The third-order valence-corrected chi connectivity index (χ3v) is 3.25. The van der Waals surface area contributed by atoms with E-state index in [-0.39, 0.29) is 0 Å². The largest absolute Gasteiger partial charge is 0.493 e. The monoisotopic (exact) mass is 343 g/mol. The normalized spacial score (nSPS) is 10.5. The highest BCUT2D eigenvalue weighted by atomic mass is 35.5. The Hall–Kier alpha value is -1.53. The maximum Gasteiger partial charge on any atom is 0.186 e. The van der Waals surface area contributed by atoms with Crippen LogP contribution in [0.15, 0.2) is 17.2 Å². The van der Waals surface area contributed by atoms with Crippen molar-refractivity contribution in [2.24, 2.45) is 5.10 Å². The molecule has 0 bridgehead atoms. The first kappa shape index (κ1) is 18.5. The van der Waals surface area contributed by atoms with Gasteiger partial charge < -0.3 is 14.8 Å². The summed E-state index contributed by atoms with van der Waals surface area (Å²) >= 11 is 11.3. The van der Waals surface area contributed by atoms with E-state index < -0.39 is 0 Å². The van der Waals surface area contributed by atoms with Gasteiger partial charge in [-0.25, -0.2) is 0 Å². The summed E-state index contributed by atoms with van der Waals surface area (Å²) in [5.74, 6) is 1.10. The number of unbranched alkanes of at least 4 members (excludes halogenated alkanes) is 1. The molecular formula is C15H22ClN3O2S. The van der Waals surface area contributed by atoms with E-state index in [1.54, 1.807) is 25.5 Å². The Labute approximate surface area is 142 Å². The summed E-state index contributed by atoms with van der Waals surface area (Å²) in [5, 5.41) is 8.12. The van der Waals surface area contributed by atoms with Crippen LogP contribution in [0.3, 0.4) is 0 Å². The molecule has 5 nitrogen and oxygen atoms in total. The number of nitrogens with zero attached hydrogens (tertiary/aromatic N) is 1. The van der Waals surface area contributed by atoms with Gasteiger partial charge in [0, 0.05) is 6.54 Å². The van der Waals surface area contributed by atoms with Crippen LogP contribution in [-0.4, -0.2) is 31.6 Å². The van der Waals surface area contributed by atoms with Crippen LogP contribution in [0.1, 0.15) is 32.3 Å². The van der Waals surface area contributed by atoms with Crippen LogP contribution < -0.4 is 20.2 Å². The Morgan fingerprint density at radius 2 is 2.18 bits per heavy atom. The van der Waals surface area contributed by atoms with Crippen LogP contribution in [0.25, 0.3) is 0 Å². The summed E-state index contributed by atoms with van der Waals surface area (Å²) in [7, 11) is 1.57. The van der Waals surface area contributed by atoms with E-state index in [1.165, 1.54) is 0 Å². The van der Waals surface area contributed by atoms with Crippen LogP contribution in [-0.2, 0) is 0 Å². The fraction of sp³-hybridized carbons (Fsp3) is 0.467. The van der Waals surface area contributed by atoms with Crippen molar-refractivity contribution >= 4 is 35.1 Å². The summed E-state index contributed by atoms with van der Waals surface area (Å²) in [4.78, 5) is 0. The number of hydrogen-bond donors (Lipinski definition) is 2. The predicted molar refractivity (Wildman–Crippen MR) is 95.4 cm³/mol. The first-order valence-electron chi connectivity index (χ1n) is 7.19. The van der Waals surface area contributed by atoms with Gasteiger partial charge in [-0.1, -0.05) is 24.9 Å². The molecule has 1 aromatic rings. The minimum Gasteiger partial charge on any atom is -0.493 e. The molecule has 1 rings (SSSR count). The SMILES string of the molecule is CCCCNC(=S)N/N=C\c1cc(Cl)c(OCC)c(OC)c1. The molecule has 0 aromatic heterocycles. The second-order valence-electron chi connectivity index (χ2n) is 4.45. The molecule has 0 atom stereocenters. The van der Waals surface area contributed by atoms with Crippen LogP contribution in [0.4, 0.5) is 0 Å². The van der Waals surface area contributed by atoms with Crippen molar-refractivity contribution in [2.45, 2.75) is 26.7 Å². The van der Waals surface area contributed by atoms with Crippen LogP contribution in [0.5, 0.6) is 11.5 Å². The van der Waals surface area contributed by atoms with Gasteiger partial charge in [0.05, 0.1) is 25.0 Å². The lowest BCUT2D eigenvalue weighted by molar-refractivity contribution is 0.311. The lowest BCUT2D eigenvalue weighted by Crippen LogP contribution is -2.32. The summed E-state index contributed by atoms with van der Waals surface area (Å²) in [6.45, 7) is 5.37. The van der Waals surface area contributed by atoms with Crippen LogP contribution >= 0.6 is 23.8 Å². The fourth-order valence-corrected chi connectivity index (χ4v) is 2.11. The molecule has 0 unspecified atom stereocenters. The van der Waals surface area contributed by atoms with Crippen molar-refractivity contribution in [3.05, 3.63) is 22.7 Å². The van der Waals surface area contributed by atoms with Crippen molar-refractivity contribution in [1.29, 1.82) is 0 Å². The summed E-state index contributed by atoms with van der Waals surface area (Å²) in [6, 6.07) is 3.56. The number of ether oxygens (including phenoxy) is 2. The first-order chi connectivity index (χ1) is 10.6. The standard InChI is InChI=1S/C15H22ClN3O2S/c1-4-6-7-17-15(22)19-18-10-11-8-12(16)14(21-5-2)13(9-11)20-3/h8-10H,4-7H2,1-3H3,(H2,17,19,22)/b18-10-. The molecule has 0 aliphatic carbocycles. The Bertz CT molecular complexity index is 524. The Morgan fingerprint density at radius 3 is 2.82 bits per heavy atom. The average Bonchev–Trinajstić information content (AvgIpc) is 2.50. The van der Waals surface area contributed by atoms with Gasteiger partial charge in [0.2, 0.25) is 0 Å². The zero-order valence-corrected chi connectivity index (χ0v) is 14.7. The zero-order valence-electron chi connectivity index (χ0n) is 13.1. The zero-order chi connectivity index (χ0) is 16.4. The Balaban J connectivity index is 2.67. The number of rotatable bonds is 8. The van der Waals surface area contributed by atoms with Gasteiger partial charge in [-0.05, 0) is 43.3 Å². The number of nitrogens with one attached hydrogen (secondary N) is 2. The van der Waals surface area contributed by atoms with E-state index in [0.29, 0.717) is 28.2 Å². The van der Waals surface area contributed by atoms with Gasteiger partial charge in [0.15, 0.2) is 16.6 Å². The third-order valence-electron chi connectivity index (χ3n) is 2.74. The number of benzene rings is 1. The number of methoxy groups -OCH3 is 1. The van der Waals surface area contributed by atoms with E-state index >= 15 is 0 Å². The van der Waals surface area contributed by atoms with Crippen molar-refractivity contribution in [3.8, 4) is 11.5 Å². The molecule has 0 aliphatic heterocycles. The molecule has 0 radical (unpaired) electrons. The van der Waals surface area contributed by atoms with E-state index in [2.05, 4.69) is 22.8 Å². The topological polar surface area (TPSA) is 54.9 Å². The van der Waals surface area contributed by atoms with E-state index in [4.69, 9.17) is 33.3 Å². The molecule has 0 saturated carbocycles. The highest BCUT2D eigenvalue weighted by Gasteiger charge is 2.10. The van der Waals surface area contributed by atoms with E-state index in [0.717, 1.165) is 24.9 Å². The fourth-order valence-electron chi connectivity index (χ4n) is 1.68.